The van der Waals surface area contributed by atoms with Crippen molar-refractivity contribution in [1.29, 1.82) is 5.26 Å². The fourth-order valence-electron chi connectivity index (χ4n) is 1.02. The maximum Gasteiger partial charge on any atom is 0.208 e. The Morgan fingerprint density at radius 3 is 2.71 bits per heavy atom. The van der Waals surface area contributed by atoms with Gasteiger partial charge in [-0.2, -0.15) is 5.26 Å². The molecule has 17 heavy (non-hydrogen) atoms. The first kappa shape index (κ1) is 11.8. The topological polar surface area (TPSA) is 65.7 Å². The lowest BCUT2D eigenvalue weighted by atomic mass is 10.3. The van der Waals surface area contributed by atoms with Crippen LogP contribution in [0, 0.1) is 11.3 Å². The Kier molecular flexibility index (Phi) is 3.56. The summed E-state index contributed by atoms with van der Waals surface area (Å²) in [6, 6.07) is 5.58. The molecule has 0 fully saturated rings. The fourth-order valence-corrected chi connectivity index (χ4v) is 2.67. The lowest BCUT2D eigenvalue weighted by Crippen LogP contribution is -2.07. The number of hydrogen-bond donors (Lipinski definition) is 0. The summed E-state index contributed by atoms with van der Waals surface area (Å²) in [4.78, 5) is 6.08. The number of nitriles is 1. The molecular weight excluding hydrogens is 254 g/mol. The number of anilines is 1. The Morgan fingerprint density at radius 1 is 1.35 bits per heavy atom. The second kappa shape index (κ2) is 5.12. The van der Waals surface area contributed by atoms with E-state index in [4.69, 9.17) is 5.26 Å². The summed E-state index contributed by atoms with van der Waals surface area (Å²) < 4.78 is 0.839. The molecule has 86 valence electrons. The number of nitrogens with zero attached hydrogens (tertiary/aromatic N) is 5. The smallest absolute Gasteiger partial charge is 0.208 e. The molecule has 0 aromatic carbocycles. The van der Waals surface area contributed by atoms with Crippen molar-refractivity contribution in [3.05, 3.63) is 23.9 Å². The van der Waals surface area contributed by atoms with Gasteiger partial charge in [-0.3, -0.25) is 0 Å². The summed E-state index contributed by atoms with van der Waals surface area (Å²) in [5.74, 6) is 0. The van der Waals surface area contributed by atoms with Crippen LogP contribution in [0.1, 0.15) is 5.56 Å². The first-order valence-corrected chi connectivity index (χ1v) is 6.37. The minimum absolute atomic E-state index is 0.556. The van der Waals surface area contributed by atoms with E-state index in [-0.39, 0.29) is 0 Å². The van der Waals surface area contributed by atoms with Crippen LogP contribution in [-0.4, -0.2) is 29.3 Å². The van der Waals surface area contributed by atoms with Crippen molar-refractivity contribution in [3.8, 4) is 6.07 Å². The lowest BCUT2D eigenvalue weighted by Gasteiger charge is -2.03. The summed E-state index contributed by atoms with van der Waals surface area (Å²) >= 11 is 2.95. The number of aromatic nitrogens is 3. The van der Waals surface area contributed by atoms with Crippen molar-refractivity contribution in [2.45, 2.75) is 9.37 Å². The van der Waals surface area contributed by atoms with Gasteiger partial charge in [0.05, 0.1) is 5.56 Å². The van der Waals surface area contributed by atoms with Crippen LogP contribution in [0.25, 0.3) is 0 Å². The van der Waals surface area contributed by atoms with Crippen LogP contribution in [0.5, 0.6) is 0 Å². The number of rotatable bonds is 3. The molecular formula is C10H9N5S2. The molecule has 0 bridgehead atoms. The van der Waals surface area contributed by atoms with Crippen molar-refractivity contribution in [2.75, 3.05) is 19.0 Å². The Hall–Kier alpha value is -1.65. The van der Waals surface area contributed by atoms with E-state index in [1.807, 2.05) is 25.1 Å². The third-order valence-electron chi connectivity index (χ3n) is 1.84. The summed E-state index contributed by atoms with van der Waals surface area (Å²) in [5.41, 5.74) is 0.556. The molecule has 0 N–H and O–H groups in total. The van der Waals surface area contributed by atoms with E-state index in [0.717, 1.165) is 14.5 Å². The molecule has 0 radical (unpaired) electrons. The van der Waals surface area contributed by atoms with Crippen molar-refractivity contribution in [2.24, 2.45) is 0 Å². The van der Waals surface area contributed by atoms with Gasteiger partial charge in [-0.25, -0.2) is 4.98 Å². The van der Waals surface area contributed by atoms with Gasteiger partial charge in [0.15, 0.2) is 4.34 Å². The highest BCUT2D eigenvalue weighted by Gasteiger charge is 2.07. The minimum atomic E-state index is 0.556. The second-order valence-electron chi connectivity index (χ2n) is 3.34. The maximum atomic E-state index is 8.66. The minimum Gasteiger partial charge on any atom is -0.353 e. The number of pyridine rings is 1. The molecule has 0 aliphatic rings. The fraction of sp³-hybridized carbons (Fsp3) is 0.200. The highest BCUT2D eigenvalue weighted by molar-refractivity contribution is 8.01. The molecule has 0 saturated carbocycles. The predicted molar refractivity (Wildman–Crippen MR) is 67.3 cm³/mol. The second-order valence-corrected chi connectivity index (χ2v) is 5.57. The molecule has 0 spiro atoms. The van der Waals surface area contributed by atoms with Crippen LogP contribution < -0.4 is 4.90 Å². The van der Waals surface area contributed by atoms with Gasteiger partial charge in [0.1, 0.15) is 11.1 Å². The van der Waals surface area contributed by atoms with Gasteiger partial charge in [0.2, 0.25) is 5.13 Å². The Labute approximate surface area is 107 Å². The molecule has 5 nitrogen and oxygen atoms in total. The molecule has 2 heterocycles. The van der Waals surface area contributed by atoms with Crippen LogP contribution in [0.15, 0.2) is 27.7 Å². The highest BCUT2D eigenvalue weighted by atomic mass is 32.2. The summed E-state index contributed by atoms with van der Waals surface area (Å²) in [5, 5.41) is 18.4. The lowest BCUT2D eigenvalue weighted by molar-refractivity contribution is 0.970. The molecule has 2 aromatic rings. The van der Waals surface area contributed by atoms with E-state index in [1.54, 1.807) is 18.3 Å². The van der Waals surface area contributed by atoms with Crippen molar-refractivity contribution in [3.63, 3.8) is 0 Å². The highest BCUT2D eigenvalue weighted by Crippen LogP contribution is 2.31. The third kappa shape index (κ3) is 2.93. The van der Waals surface area contributed by atoms with Gasteiger partial charge in [0.25, 0.3) is 0 Å². The summed E-state index contributed by atoms with van der Waals surface area (Å²) in [7, 11) is 3.85. The van der Waals surface area contributed by atoms with Crippen molar-refractivity contribution >= 4 is 28.2 Å². The van der Waals surface area contributed by atoms with Crippen molar-refractivity contribution in [1.82, 2.24) is 15.2 Å². The van der Waals surface area contributed by atoms with E-state index in [1.165, 1.54) is 23.1 Å². The maximum absolute atomic E-state index is 8.66. The predicted octanol–water partition coefficient (Wildman–Crippen LogP) is 2.02. The average molecular weight is 263 g/mol. The molecule has 0 aliphatic carbocycles. The molecule has 2 aromatic heterocycles. The van der Waals surface area contributed by atoms with E-state index in [0.29, 0.717) is 5.56 Å². The molecule has 7 heteroatoms. The van der Waals surface area contributed by atoms with Crippen LogP contribution >= 0.6 is 23.1 Å². The average Bonchev–Trinajstić information content (AvgIpc) is 2.79. The SMILES string of the molecule is CN(C)c1nnc(Sc2ccc(C#N)cn2)s1. The van der Waals surface area contributed by atoms with E-state index in [9.17, 15) is 0 Å². The molecule has 2 rings (SSSR count). The molecule has 0 saturated heterocycles. The number of hydrogen-bond acceptors (Lipinski definition) is 7. The van der Waals surface area contributed by atoms with E-state index < -0.39 is 0 Å². The largest absolute Gasteiger partial charge is 0.353 e. The van der Waals surface area contributed by atoms with Gasteiger partial charge in [0, 0.05) is 20.3 Å². The zero-order valence-electron chi connectivity index (χ0n) is 9.28. The molecule has 0 amide bonds. The van der Waals surface area contributed by atoms with Crippen LogP contribution in [0.4, 0.5) is 5.13 Å². The summed E-state index contributed by atoms with van der Waals surface area (Å²) in [6.45, 7) is 0. The van der Waals surface area contributed by atoms with Gasteiger partial charge in [-0.1, -0.05) is 11.3 Å². The van der Waals surface area contributed by atoms with Gasteiger partial charge < -0.3 is 4.90 Å². The van der Waals surface area contributed by atoms with Gasteiger partial charge >= 0.3 is 0 Å². The third-order valence-corrected chi connectivity index (χ3v) is 3.93. The first-order chi connectivity index (χ1) is 8.19. The summed E-state index contributed by atoms with van der Waals surface area (Å²) in [6.07, 6.45) is 1.55. The molecule has 0 atom stereocenters. The van der Waals surface area contributed by atoms with E-state index in [2.05, 4.69) is 15.2 Å². The van der Waals surface area contributed by atoms with Crippen LogP contribution in [-0.2, 0) is 0 Å². The van der Waals surface area contributed by atoms with Crippen LogP contribution in [0.2, 0.25) is 0 Å². The quantitative estimate of drug-likeness (QED) is 0.844. The van der Waals surface area contributed by atoms with Gasteiger partial charge in [-0.15, -0.1) is 10.2 Å². The Bertz CT molecular complexity index is 541. The first-order valence-electron chi connectivity index (χ1n) is 4.74. The zero-order chi connectivity index (χ0) is 12.3. The molecule has 0 aliphatic heterocycles. The van der Waals surface area contributed by atoms with Gasteiger partial charge in [-0.05, 0) is 23.9 Å². The zero-order valence-corrected chi connectivity index (χ0v) is 10.9. The monoisotopic (exact) mass is 263 g/mol. The normalized spacial score (nSPS) is 9.94. The Morgan fingerprint density at radius 2 is 2.18 bits per heavy atom. The van der Waals surface area contributed by atoms with Crippen molar-refractivity contribution < 1.29 is 0 Å². The van der Waals surface area contributed by atoms with E-state index >= 15 is 0 Å². The van der Waals surface area contributed by atoms with Crippen LogP contribution in [0.3, 0.4) is 0 Å². The Balaban J connectivity index is 2.11. The standard InChI is InChI=1S/C10H9N5S2/c1-15(2)9-13-14-10(17-9)16-8-4-3-7(5-11)6-12-8/h3-4,6H,1-2H3. The molecule has 0 unspecified atom stereocenters.